The Kier molecular flexibility index (Phi) is 28.9. The Morgan fingerprint density at radius 1 is 0.371 bits per heavy atom. The molecule has 0 saturated carbocycles. The van der Waals surface area contributed by atoms with Crippen molar-refractivity contribution in [1.29, 1.82) is 0 Å². The Bertz CT molecular complexity index is 5990. The van der Waals surface area contributed by atoms with E-state index in [2.05, 4.69) is 263 Å². The average molecular weight is 1770 g/mol. The maximum absolute atomic E-state index is 13.1. The van der Waals surface area contributed by atoms with Crippen LogP contribution in [0.1, 0.15) is 190 Å². The highest BCUT2D eigenvalue weighted by Gasteiger charge is 2.48. The van der Waals surface area contributed by atoms with Crippen molar-refractivity contribution >= 4 is 11.0 Å². The van der Waals surface area contributed by atoms with Gasteiger partial charge in [0.05, 0.1) is 19.8 Å². The van der Waals surface area contributed by atoms with Crippen molar-refractivity contribution in [1.82, 2.24) is 19.6 Å². The Morgan fingerprint density at radius 2 is 0.735 bits per heavy atom. The molecule has 4 saturated heterocycles. The van der Waals surface area contributed by atoms with Crippen LogP contribution in [0.3, 0.4) is 0 Å². The van der Waals surface area contributed by atoms with Crippen molar-refractivity contribution in [3.05, 3.63) is 368 Å². The van der Waals surface area contributed by atoms with Crippen LogP contribution >= 0.6 is 0 Å². The first kappa shape index (κ1) is 91.6. The molecule has 1 aliphatic carbocycles. The van der Waals surface area contributed by atoms with Gasteiger partial charge < -0.3 is 52.5 Å². The van der Waals surface area contributed by atoms with Crippen LogP contribution in [0.5, 0.6) is 57.5 Å². The van der Waals surface area contributed by atoms with Gasteiger partial charge in [0.15, 0.2) is 0 Å². The number of benzene rings is 12. The minimum Gasteiger partial charge on any atom is -0.508 e. The standard InChI is InChI=1S/C30H35NO3.C29H29NO4.C29H33NO3.C28H31NO2/c1-5-17-31-19-25(20-31)33-23-13-11-21(12-14-23)28-26-16-15-24(32-4)18-27(26)34-30(2,3)29(28)22-9-7-6-8-10-22;1-3-15-30-18-24(19-30)33-22-11-9-20(10-12-22)16-26-25-14-13-23(32-2)17-27(25)34-29(31)28(26)21-7-5-4-6-8-21;1-4-16-30-18-24(19-30)32-23-13-10-20(11-14-23)27-25-15-12-22(31)17-26(25)33-29(2,3)28(27)21-8-6-5-7-9-21;1-2-16-29-18-25(19-29)31-24-12-8-21(9-13-24)28-26(20-6-4-3-5-7-20)14-10-22-17-23(30)11-15-27(22)28/h6-16,18,25,28-29H,5,17,19-20H2,1-4H3;4-14,17,24H,3,15-16,18-19H2,1-2H3;5-15,17,24,27-28,31H,4,16,18-19H2,1-3H3;3-9,11-13,15,17,25-26,28,30H,2,10,14,16,18-19H2,1H3/t28-,29+;;27-,28+;26-,28+/m1.11/s1. The van der Waals surface area contributed by atoms with Crippen LogP contribution in [0.2, 0.25) is 0 Å². The van der Waals surface area contributed by atoms with Gasteiger partial charge in [0.1, 0.15) is 98.7 Å². The molecule has 6 aliphatic heterocycles. The van der Waals surface area contributed by atoms with Crippen molar-refractivity contribution in [3.63, 3.8) is 0 Å². The first-order chi connectivity index (χ1) is 64.3. The van der Waals surface area contributed by atoms with E-state index in [4.69, 9.17) is 42.3 Å². The molecular weight excluding hydrogens is 1640 g/mol. The van der Waals surface area contributed by atoms with Gasteiger partial charge in [-0.15, -0.1) is 0 Å². The number of rotatable bonds is 27. The maximum Gasteiger partial charge on any atom is 0.344 e. The third-order valence-corrected chi connectivity index (χ3v) is 27.3. The molecule has 13 aromatic rings. The number of hydrogen-bond donors (Lipinski definition) is 2. The summed E-state index contributed by atoms with van der Waals surface area (Å²) in [6, 6.07) is 99.4. The van der Waals surface area contributed by atoms with E-state index in [1.807, 2.05) is 84.9 Å². The van der Waals surface area contributed by atoms with Gasteiger partial charge in [-0.25, -0.2) is 4.79 Å². The summed E-state index contributed by atoms with van der Waals surface area (Å²) in [5.41, 5.74) is 15.5. The van der Waals surface area contributed by atoms with Crippen LogP contribution in [-0.2, 0) is 12.8 Å². The second-order valence-corrected chi connectivity index (χ2v) is 37.7. The molecule has 16 heteroatoms. The second kappa shape index (κ2) is 41.6. The molecule has 0 spiro atoms. The SMILES string of the molecule is CCCN1CC(Oc2ccc(Cc3c(-c4ccccc4)c(=O)oc4cc(OC)ccc34)cc2)C1.CCCN1CC(Oc2ccc([C@@H]3c4ccc(O)cc4CC[C@@H]3c3ccccc3)cc2)C1.CCCN1CC(Oc2ccc([C@@H]3c4ccc(O)cc4OC(C)(C)[C@H]3c3ccccc3)cc2)C1.CCCN1CC(Oc2ccc([C@@H]3c4ccc(OC)cc4OC(C)(C)[C@H]3c3ccccc3)cc2)C1. The van der Waals surface area contributed by atoms with E-state index in [0.29, 0.717) is 47.2 Å². The fourth-order valence-electron chi connectivity index (χ4n) is 21.0. The zero-order chi connectivity index (χ0) is 91.4. The summed E-state index contributed by atoms with van der Waals surface area (Å²) >= 11 is 0. The predicted octanol–water partition coefficient (Wildman–Crippen LogP) is 23.5. The summed E-state index contributed by atoms with van der Waals surface area (Å²) in [5, 5.41) is 21.0. The molecule has 6 atom stereocenters. The Balaban J connectivity index is 0.000000123. The van der Waals surface area contributed by atoms with Gasteiger partial charge in [0, 0.05) is 117 Å². The highest BCUT2D eigenvalue weighted by Crippen LogP contribution is 2.56. The van der Waals surface area contributed by atoms with Gasteiger partial charge in [0.25, 0.3) is 0 Å². The first-order valence-corrected chi connectivity index (χ1v) is 47.8. The highest BCUT2D eigenvalue weighted by molar-refractivity contribution is 5.88. The van der Waals surface area contributed by atoms with Gasteiger partial charge in [-0.05, 0) is 251 Å². The average Bonchev–Trinajstić information content (AvgIpc) is 0.739. The topological polar surface area (TPSA) is 157 Å². The summed E-state index contributed by atoms with van der Waals surface area (Å²) < 4.78 is 54.4. The quantitative estimate of drug-likeness (QED) is 0.0468. The molecule has 0 unspecified atom stereocenters. The molecule has 4 fully saturated rings. The van der Waals surface area contributed by atoms with Gasteiger partial charge in [0.2, 0.25) is 0 Å². The Morgan fingerprint density at radius 3 is 1.17 bits per heavy atom. The van der Waals surface area contributed by atoms with Gasteiger partial charge in [-0.2, -0.15) is 0 Å². The lowest BCUT2D eigenvalue weighted by Gasteiger charge is -2.45. The molecule has 16 nitrogen and oxygen atoms in total. The zero-order valence-corrected chi connectivity index (χ0v) is 78.2. The summed E-state index contributed by atoms with van der Waals surface area (Å²) in [4.78, 5) is 22.8. The molecule has 0 radical (unpaired) electrons. The number of methoxy groups -OCH3 is 2. The molecule has 2 N–H and O–H groups in total. The molecule has 20 rings (SSSR count). The molecule has 0 bridgehead atoms. The molecule has 132 heavy (non-hydrogen) atoms. The number of aryl methyl sites for hydroxylation is 1. The number of hydrogen-bond acceptors (Lipinski definition) is 16. The van der Waals surface area contributed by atoms with Crippen LogP contribution in [0.4, 0.5) is 0 Å². The van der Waals surface area contributed by atoms with Crippen molar-refractivity contribution < 1.29 is 52.5 Å². The van der Waals surface area contributed by atoms with Crippen molar-refractivity contribution in [2.45, 2.75) is 171 Å². The third-order valence-electron chi connectivity index (χ3n) is 27.3. The minimum absolute atomic E-state index is 0.101. The van der Waals surface area contributed by atoms with E-state index in [9.17, 15) is 15.0 Å². The van der Waals surface area contributed by atoms with Crippen LogP contribution < -0.4 is 43.5 Å². The number of aromatic hydroxyl groups is 2. The summed E-state index contributed by atoms with van der Waals surface area (Å²) in [7, 11) is 3.30. The molecule has 684 valence electrons. The van der Waals surface area contributed by atoms with Gasteiger partial charge in [-0.3, -0.25) is 19.6 Å². The largest absolute Gasteiger partial charge is 0.508 e. The summed E-state index contributed by atoms with van der Waals surface area (Å²) in [6.45, 7) is 30.2. The van der Waals surface area contributed by atoms with Crippen molar-refractivity contribution in [2.24, 2.45) is 0 Å². The normalized spacial score (nSPS) is 19.8. The van der Waals surface area contributed by atoms with E-state index in [1.165, 1.54) is 75.8 Å². The minimum atomic E-state index is -0.448. The maximum atomic E-state index is 13.1. The highest BCUT2D eigenvalue weighted by atomic mass is 16.5. The number of phenolic OH excluding ortho intramolecular Hbond substituents is 2. The van der Waals surface area contributed by atoms with Gasteiger partial charge in [-0.1, -0.05) is 216 Å². The zero-order valence-electron chi connectivity index (χ0n) is 78.2. The monoisotopic (exact) mass is 1770 g/mol. The van der Waals surface area contributed by atoms with E-state index in [0.717, 1.165) is 159 Å². The second-order valence-electron chi connectivity index (χ2n) is 37.7. The molecule has 7 heterocycles. The molecule has 7 aliphatic rings. The van der Waals surface area contributed by atoms with Gasteiger partial charge >= 0.3 is 5.63 Å². The molecular formula is C116H128N4O12. The van der Waals surface area contributed by atoms with Crippen molar-refractivity contribution in [2.75, 3.05) is 92.8 Å². The third kappa shape index (κ3) is 21.2. The lowest BCUT2D eigenvalue weighted by molar-refractivity contribution is 0.0201. The van der Waals surface area contributed by atoms with Crippen LogP contribution in [0, 0.1) is 0 Å². The Hall–Kier alpha value is -12.3. The smallest absolute Gasteiger partial charge is 0.344 e. The molecule has 1 aromatic heterocycles. The number of likely N-dealkylation sites (tertiary alicyclic amines) is 4. The number of ether oxygens (including phenoxy) is 8. The van der Waals surface area contributed by atoms with Crippen LogP contribution in [0.15, 0.2) is 300 Å². The van der Waals surface area contributed by atoms with E-state index in [1.54, 1.807) is 32.4 Å². The Labute approximate surface area is 779 Å². The fourth-order valence-corrected chi connectivity index (χ4v) is 21.0. The lowest BCUT2D eigenvalue weighted by atomic mass is 9.68. The first-order valence-electron chi connectivity index (χ1n) is 47.8. The number of phenols is 2. The van der Waals surface area contributed by atoms with E-state index < -0.39 is 11.2 Å². The summed E-state index contributed by atoms with van der Waals surface area (Å²) in [5.74, 6) is 8.67. The van der Waals surface area contributed by atoms with Crippen LogP contribution in [-0.4, -0.2) is 158 Å². The number of nitrogens with zero attached hydrogens (tertiary/aromatic N) is 4. The molecule has 12 aromatic carbocycles. The lowest BCUT2D eigenvalue weighted by Crippen LogP contribution is -2.53. The van der Waals surface area contributed by atoms with E-state index >= 15 is 0 Å². The predicted molar refractivity (Wildman–Crippen MR) is 528 cm³/mol. The number of fused-ring (bicyclic) bond motifs is 4. The molecule has 0 amide bonds. The van der Waals surface area contributed by atoms with E-state index in [-0.39, 0.29) is 53.2 Å². The summed E-state index contributed by atoms with van der Waals surface area (Å²) in [6.07, 6.45) is 8.59. The van der Waals surface area contributed by atoms with Crippen LogP contribution in [0.25, 0.3) is 22.1 Å². The fraction of sp³-hybridized carbons (Fsp3) is 0.353. The van der Waals surface area contributed by atoms with Crippen molar-refractivity contribution in [3.8, 4) is 68.6 Å².